The molecule has 1 aliphatic rings. The fourth-order valence-electron chi connectivity index (χ4n) is 2.11. The predicted molar refractivity (Wildman–Crippen MR) is 58.7 cm³/mol. The average molecular weight is 224 g/mol. The standard InChI is InChI=1S/C10H16N4O2/c11-9-8(10(12)16)5-14(13-9)6-1-3-7(15)4-2-6/h5-7,15H,1-4H2,(H2,11,13)(H2,12,16)/t6-,7+. The molecular formula is C10H16N4O2. The molecule has 1 aromatic rings. The number of hydrogen-bond donors (Lipinski definition) is 3. The average Bonchev–Trinajstić information content (AvgIpc) is 2.61. The van der Waals surface area contributed by atoms with Crippen molar-refractivity contribution in [2.24, 2.45) is 5.73 Å². The van der Waals surface area contributed by atoms with Gasteiger partial charge in [0, 0.05) is 6.20 Å². The number of hydrogen-bond acceptors (Lipinski definition) is 4. The van der Waals surface area contributed by atoms with Crippen LogP contribution in [0.5, 0.6) is 0 Å². The second kappa shape index (κ2) is 4.13. The third-order valence-corrected chi connectivity index (χ3v) is 3.07. The second-order valence-electron chi connectivity index (χ2n) is 4.23. The van der Waals surface area contributed by atoms with Crippen molar-refractivity contribution in [3.8, 4) is 0 Å². The SMILES string of the molecule is NC(=O)c1cn([C@H]2CC[C@@H](O)CC2)nc1N. The lowest BCUT2D eigenvalue weighted by Gasteiger charge is -2.25. The van der Waals surface area contributed by atoms with Crippen molar-refractivity contribution in [1.29, 1.82) is 0 Å². The molecule has 1 saturated carbocycles. The summed E-state index contributed by atoms with van der Waals surface area (Å²) in [6.45, 7) is 0. The highest BCUT2D eigenvalue weighted by Gasteiger charge is 2.23. The number of aliphatic hydroxyl groups excluding tert-OH is 1. The number of rotatable bonds is 2. The van der Waals surface area contributed by atoms with Crippen LogP contribution in [0.25, 0.3) is 0 Å². The number of primary amides is 1. The van der Waals surface area contributed by atoms with Crippen LogP contribution < -0.4 is 11.5 Å². The molecule has 0 aliphatic heterocycles. The molecular weight excluding hydrogens is 208 g/mol. The van der Waals surface area contributed by atoms with Gasteiger partial charge >= 0.3 is 0 Å². The summed E-state index contributed by atoms with van der Waals surface area (Å²) < 4.78 is 1.70. The molecule has 1 aliphatic carbocycles. The van der Waals surface area contributed by atoms with Crippen molar-refractivity contribution in [3.05, 3.63) is 11.8 Å². The van der Waals surface area contributed by atoms with Gasteiger partial charge in [0.05, 0.1) is 12.1 Å². The molecule has 0 saturated heterocycles. The number of nitrogens with two attached hydrogens (primary N) is 2. The first-order valence-electron chi connectivity index (χ1n) is 5.40. The molecule has 2 rings (SSSR count). The van der Waals surface area contributed by atoms with Gasteiger partial charge in [-0.15, -0.1) is 0 Å². The molecule has 0 bridgehead atoms. The van der Waals surface area contributed by atoms with Gasteiger partial charge in [-0.05, 0) is 25.7 Å². The topological polar surface area (TPSA) is 107 Å². The minimum atomic E-state index is -0.556. The van der Waals surface area contributed by atoms with E-state index in [4.69, 9.17) is 11.5 Å². The first kappa shape index (κ1) is 10.9. The Hall–Kier alpha value is -1.56. The van der Waals surface area contributed by atoms with Crippen LogP contribution in [0.15, 0.2) is 6.20 Å². The van der Waals surface area contributed by atoms with Crippen LogP contribution >= 0.6 is 0 Å². The Morgan fingerprint density at radius 1 is 1.44 bits per heavy atom. The summed E-state index contributed by atoms with van der Waals surface area (Å²) in [4.78, 5) is 11.0. The van der Waals surface area contributed by atoms with Crippen molar-refractivity contribution in [1.82, 2.24) is 9.78 Å². The van der Waals surface area contributed by atoms with Gasteiger partial charge < -0.3 is 16.6 Å². The van der Waals surface area contributed by atoms with Gasteiger partial charge in [-0.1, -0.05) is 0 Å². The molecule has 1 heterocycles. The smallest absolute Gasteiger partial charge is 0.254 e. The van der Waals surface area contributed by atoms with Gasteiger partial charge in [0.2, 0.25) is 0 Å². The lowest BCUT2D eigenvalue weighted by Crippen LogP contribution is -2.21. The summed E-state index contributed by atoms with van der Waals surface area (Å²) in [6, 6.07) is 0.207. The fraction of sp³-hybridized carbons (Fsp3) is 0.600. The maximum Gasteiger partial charge on any atom is 0.254 e. The Bertz CT molecular complexity index is 394. The van der Waals surface area contributed by atoms with E-state index in [9.17, 15) is 9.90 Å². The molecule has 6 nitrogen and oxygen atoms in total. The number of nitrogens with zero attached hydrogens (tertiary/aromatic N) is 2. The normalized spacial score (nSPS) is 25.6. The summed E-state index contributed by atoms with van der Waals surface area (Å²) in [5.41, 5.74) is 11.0. The Kier molecular flexibility index (Phi) is 2.82. The number of aromatic nitrogens is 2. The highest BCUT2D eigenvalue weighted by molar-refractivity contribution is 5.96. The molecule has 0 unspecified atom stereocenters. The van der Waals surface area contributed by atoms with Crippen LogP contribution in [0.3, 0.4) is 0 Å². The quantitative estimate of drug-likeness (QED) is 0.659. The molecule has 0 spiro atoms. The molecule has 88 valence electrons. The van der Waals surface area contributed by atoms with Crippen molar-refractivity contribution in [2.45, 2.75) is 37.8 Å². The lowest BCUT2D eigenvalue weighted by atomic mass is 9.93. The third kappa shape index (κ3) is 2.01. The van der Waals surface area contributed by atoms with E-state index in [2.05, 4.69) is 5.10 Å². The van der Waals surface area contributed by atoms with E-state index in [0.29, 0.717) is 0 Å². The van der Waals surface area contributed by atoms with Gasteiger partial charge in [-0.25, -0.2) is 0 Å². The lowest BCUT2D eigenvalue weighted by molar-refractivity contribution is 0.0998. The molecule has 6 heteroatoms. The number of nitrogen functional groups attached to an aromatic ring is 1. The molecule has 1 amide bonds. The molecule has 1 aromatic heterocycles. The molecule has 0 radical (unpaired) electrons. The highest BCUT2D eigenvalue weighted by Crippen LogP contribution is 2.28. The summed E-state index contributed by atoms with van der Waals surface area (Å²) in [5.74, 6) is -0.377. The number of anilines is 1. The van der Waals surface area contributed by atoms with Crippen LogP contribution in [-0.4, -0.2) is 26.9 Å². The Morgan fingerprint density at radius 2 is 2.06 bits per heavy atom. The van der Waals surface area contributed by atoms with E-state index >= 15 is 0 Å². The summed E-state index contributed by atoms with van der Waals surface area (Å²) in [6.07, 6.45) is 4.60. The molecule has 0 aromatic carbocycles. The number of amides is 1. The first-order chi connectivity index (χ1) is 7.58. The summed E-state index contributed by atoms with van der Waals surface area (Å²) in [5, 5.41) is 13.5. The number of aliphatic hydroxyl groups is 1. The van der Waals surface area contributed by atoms with E-state index in [1.165, 1.54) is 0 Å². The number of carbonyl (C=O) groups excluding carboxylic acids is 1. The molecule has 1 fully saturated rings. The maximum atomic E-state index is 11.0. The van der Waals surface area contributed by atoms with Crippen LogP contribution in [0.1, 0.15) is 42.1 Å². The van der Waals surface area contributed by atoms with E-state index in [0.717, 1.165) is 25.7 Å². The molecule has 0 atom stereocenters. The van der Waals surface area contributed by atoms with Gasteiger partial charge in [-0.3, -0.25) is 9.48 Å². The Morgan fingerprint density at radius 3 is 2.56 bits per heavy atom. The largest absolute Gasteiger partial charge is 0.393 e. The van der Waals surface area contributed by atoms with Crippen molar-refractivity contribution in [3.63, 3.8) is 0 Å². The minimum absolute atomic E-state index is 0.179. The molecule has 5 N–H and O–H groups in total. The highest BCUT2D eigenvalue weighted by atomic mass is 16.3. The van der Waals surface area contributed by atoms with Gasteiger partial charge in [0.25, 0.3) is 5.91 Å². The minimum Gasteiger partial charge on any atom is -0.393 e. The Balaban J connectivity index is 2.15. The summed E-state index contributed by atoms with van der Waals surface area (Å²) in [7, 11) is 0. The zero-order valence-corrected chi connectivity index (χ0v) is 8.97. The third-order valence-electron chi connectivity index (χ3n) is 3.07. The van der Waals surface area contributed by atoms with E-state index < -0.39 is 5.91 Å². The Labute approximate surface area is 93.2 Å². The number of carbonyl (C=O) groups is 1. The van der Waals surface area contributed by atoms with E-state index in [1.54, 1.807) is 10.9 Å². The van der Waals surface area contributed by atoms with Crippen LogP contribution in [0.4, 0.5) is 5.82 Å². The molecule has 16 heavy (non-hydrogen) atoms. The first-order valence-corrected chi connectivity index (χ1v) is 5.40. The van der Waals surface area contributed by atoms with Crippen molar-refractivity contribution in [2.75, 3.05) is 5.73 Å². The van der Waals surface area contributed by atoms with E-state index in [-0.39, 0.29) is 23.5 Å². The zero-order chi connectivity index (χ0) is 11.7. The van der Waals surface area contributed by atoms with Crippen molar-refractivity contribution < 1.29 is 9.90 Å². The zero-order valence-electron chi connectivity index (χ0n) is 8.97. The van der Waals surface area contributed by atoms with Crippen molar-refractivity contribution >= 4 is 11.7 Å². The van der Waals surface area contributed by atoms with Gasteiger partial charge in [-0.2, -0.15) is 5.10 Å². The van der Waals surface area contributed by atoms with Crippen LogP contribution in [0.2, 0.25) is 0 Å². The fourth-order valence-corrected chi connectivity index (χ4v) is 2.11. The van der Waals surface area contributed by atoms with Gasteiger partial charge in [0.1, 0.15) is 5.56 Å². The monoisotopic (exact) mass is 224 g/mol. The summed E-state index contributed by atoms with van der Waals surface area (Å²) >= 11 is 0. The van der Waals surface area contributed by atoms with Crippen LogP contribution in [-0.2, 0) is 0 Å². The van der Waals surface area contributed by atoms with E-state index in [1.807, 2.05) is 0 Å². The second-order valence-corrected chi connectivity index (χ2v) is 4.23. The predicted octanol–water partition coefficient (Wildman–Crippen LogP) is 0.0402. The maximum absolute atomic E-state index is 11.0. The van der Waals surface area contributed by atoms with Crippen LogP contribution in [0, 0.1) is 0 Å². The van der Waals surface area contributed by atoms with Gasteiger partial charge in [0.15, 0.2) is 5.82 Å².